The normalized spacial score (nSPS) is 10.8. The lowest BCUT2D eigenvalue weighted by atomic mass is 10.2. The molecule has 130 valence electrons. The number of aromatic nitrogens is 3. The second-order valence-electron chi connectivity index (χ2n) is 5.06. The molecule has 3 aromatic rings. The maximum Gasteiger partial charge on any atom is 0.193 e. The number of halogens is 1. The molecule has 0 aliphatic rings. The van der Waals surface area contributed by atoms with E-state index >= 15 is 0 Å². The van der Waals surface area contributed by atoms with Gasteiger partial charge in [-0.2, -0.15) is 5.10 Å². The molecule has 7 nitrogen and oxygen atoms in total. The number of aliphatic imine (C=N–C) groups is 1. The van der Waals surface area contributed by atoms with Crippen LogP contribution in [0.25, 0.3) is 5.69 Å². The van der Waals surface area contributed by atoms with Crippen molar-refractivity contribution in [2.24, 2.45) is 10.7 Å². The second-order valence-corrected chi connectivity index (χ2v) is 5.06. The van der Waals surface area contributed by atoms with Crippen molar-refractivity contribution in [1.82, 2.24) is 14.8 Å². The Labute approximate surface area is 163 Å². The zero-order valence-electron chi connectivity index (χ0n) is 13.7. The highest BCUT2D eigenvalue weighted by Crippen LogP contribution is 2.16. The minimum absolute atomic E-state index is 0. The Kier molecular flexibility index (Phi) is 6.75. The molecule has 3 N–H and O–H groups in total. The highest BCUT2D eigenvalue weighted by atomic mass is 127. The third kappa shape index (κ3) is 5.18. The van der Waals surface area contributed by atoms with Gasteiger partial charge in [0.15, 0.2) is 5.96 Å². The topological polar surface area (TPSA) is 90.3 Å². The van der Waals surface area contributed by atoms with E-state index in [2.05, 4.69) is 20.4 Å². The molecule has 0 spiro atoms. The lowest BCUT2D eigenvalue weighted by Gasteiger charge is -2.07. The smallest absolute Gasteiger partial charge is 0.193 e. The summed E-state index contributed by atoms with van der Waals surface area (Å²) < 4.78 is 6.88. The van der Waals surface area contributed by atoms with Crippen LogP contribution in [0.5, 0.6) is 5.75 Å². The molecule has 25 heavy (non-hydrogen) atoms. The van der Waals surface area contributed by atoms with Crippen molar-refractivity contribution in [3.8, 4) is 11.4 Å². The number of methoxy groups -OCH3 is 1. The fourth-order valence-electron chi connectivity index (χ4n) is 2.16. The number of guanidine groups is 1. The summed E-state index contributed by atoms with van der Waals surface area (Å²) in [6, 6.07) is 15.4. The van der Waals surface area contributed by atoms with E-state index in [0.29, 0.717) is 12.5 Å². The average molecular weight is 450 g/mol. The van der Waals surface area contributed by atoms with Gasteiger partial charge in [-0.25, -0.2) is 14.7 Å². The minimum Gasteiger partial charge on any atom is -0.497 e. The zero-order valence-corrected chi connectivity index (χ0v) is 16.0. The fourth-order valence-corrected chi connectivity index (χ4v) is 2.16. The van der Waals surface area contributed by atoms with Gasteiger partial charge >= 0.3 is 0 Å². The molecule has 0 saturated heterocycles. The summed E-state index contributed by atoms with van der Waals surface area (Å²) in [6.45, 7) is 0.487. The summed E-state index contributed by atoms with van der Waals surface area (Å²) in [6.07, 6.45) is 3.16. The van der Waals surface area contributed by atoms with Crippen LogP contribution in [0.2, 0.25) is 0 Å². The van der Waals surface area contributed by atoms with Crippen LogP contribution in [-0.2, 0) is 6.54 Å². The van der Waals surface area contributed by atoms with Crippen LogP contribution >= 0.6 is 24.0 Å². The third-order valence-electron chi connectivity index (χ3n) is 3.39. The largest absolute Gasteiger partial charge is 0.497 e. The molecule has 0 saturated carbocycles. The van der Waals surface area contributed by atoms with Crippen LogP contribution in [0.4, 0.5) is 5.69 Å². The predicted molar refractivity (Wildman–Crippen MR) is 109 cm³/mol. The maximum atomic E-state index is 5.93. The van der Waals surface area contributed by atoms with Crippen molar-refractivity contribution in [1.29, 1.82) is 0 Å². The molecule has 0 aliphatic carbocycles. The molecular formula is C17H19IN6O. The first-order valence-electron chi connectivity index (χ1n) is 7.39. The Morgan fingerprint density at radius 1 is 1.24 bits per heavy atom. The summed E-state index contributed by atoms with van der Waals surface area (Å²) in [5.41, 5.74) is 8.76. The minimum atomic E-state index is 0. The van der Waals surface area contributed by atoms with E-state index < -0.39 is 0 Å². The number of nitrogens with two attached hydrogens (primary N) is 1. The molecule has 0 fully saturated rings. The Bertz CT molecular complexity index is 817. The Hall–Kier alpha value is -2.62. The van der Waals surface area contributed by atoms with Gasteiger partial charge < -0.3 is 15.8 Å². The van der Waals surface area contributed by atoms with E-state index in [0.717, 1.165) is 22.7 Å². The van der Waals surface area contributed by atoms with Crippen LogP contribution in [0.15, 0.2) is 66.2 Å². The summed E-state index contributed by atoms with van der Waals surface area (Å²) in [5.74, 6) is 1.11. The van der Waals surface area contributed by atoms with Crippen molar-refractivity contribution in [2.75, 3.05) is 12.4 Å². The van der Waals surface area contributed by atoms with Crippen LogP contribution in [0, 0.1) is 0 Å². The van der Waals surface area contributed by atoms with Gasteiger partial charge in [-0.15, -0.1) is 24.0 Å². The van der Waals surface area contributed by atoms with E-state index in [1.54, 1.807) is 18.1 Å². The second kappa shape index (κ2) is 9.02. The summed E-state index contributed by atoms with van der Waals surface area (Å²) >= 11 is 0. The maximum absolute atomic E-state index is 5.93. The number of hydrogen-bond acceptors (Lipinski definition) is 4. The van der Waals surface area contributed by atoms with Crippen molar-refractivity contribution in [3.05, 3.63) is 66.7 Å². The average Bonchev–Trinajstić information content (AvgIpc) is 3.15. The standard InChI is InChI=1S/C17H18N6O.HI/c1-24-16-4-2-3-14(9-16)22-17(18)20-10-13-5-7-15(8-6-13)23-12-19-11-21-23;/h2-9,11-12H,10H2,1H3,(H3,18,20,22);1H. The Morgan fingerprint density at radius 2 is 2.04 bits per heavy atom. The number of hydrogen-bond donors (Lipinski definition) is 2. The molecule has 1 heterocycles. The third-order valence-corrected chi connectivity index (χ3v) is 3.39. The highest BCUT2D eigenvalue weighted by molar-refractivity contribution is 14.0. The van der Waals surface area contributed by atoms with E-state index in [1.165, 1.54) is 6.33 Å². The van der Waals surface area contributed by atoms with E-state index in [1.807, 2.05) is 48.5 Å². The van der Waals surface area contributed by atoms with Gasteiger partial charge in [0.1, 0.15) is 18.4 Å². The van der Waals surface area contributed by atoms with Gasteiger partial charge in [0, 0.05) is 11.8 Å². The van der Waals surface area contributed by atoms with Crippen LogP contribution < -0.4 is 15.8 Å². The van der Waals surface area contributed by atoms with E-state index in [9.17, 15) is 0 Å². The monoisotopic (exact) mass is 450 g/mol. The van der Waals surface area contributed by atoms with Gasteiger partial charge in [0.2, 0.25) is 0 Å². The fraction of sp³-hybridized carbons (Fsp3) is 0.118. The molecule has 1 aromatic heterocycles. The number of benzene rings is 2. The molecule has 3 rings (SSSR count). The predicted octanol–water partition coefficient (Wildman–Crippen LogP) is 2.82. The molecule has 0 aliphatic heterocycles. The number of ether oxygens (including phenoxy) is 1. The first-order chi connectivity index (χ1) is 11.7. The summed E-state index contributed by atoms with van der Waals surface area (Å²) in [7, 11) is 1.62. The molecule has 0 radical (unpaired) electrons. The Balaban J connectivity index is 0.00000225. The van der Waals surface area contributed by atoms with Gasteiger partial charge in [0.25, 0.3) is 0 Å². The first kappa shape index (κ1) is 18.7. The van der Waals surface area contributed by atoms with Gasteiger partial charge in [-0.05, 0) is 29.8 Å². The van der Waals surface area contributed by atoms with Crippen LogP contribution in [-0.4, -0.2) is 27.8 Å². The molecule has 0 amide bonds. The number of rotatable bonds is 5. The summed E-state index contributed by atoms with van der Waals surface area (Å²) in [4.78, 5) is 8.27. The lowest BCUT2D eigenvalue weighted by Crippen LogP contribution is -2.22. The van der Waals surface area contributed by atoms with Crippen molar-refractivity contribution in [3.63, 3.8) is 0 Å². The van der Waals surface area contributed by atoms with Gasteiger partial charge in [-0.1, -0.05) is 18.2 Å². The summed E-state index contributed by atoms with van der Waals surface area (Å²) in [5, 5.41) is 7.14. The molecule has 8 heteroatoms. The quantitative estimate of drug-likeness (QED) is 0.355. The molecule has 0 unspecified atom stereocenters. The van der Waals surface area contributed by atoms with Crippen LogP contribution in [0.1, 0.15) is 5.56 Å². The van der Waals surface area contributed by atoms with Gasteiger partial charge in [0.05, 0.1) is 19.3 Å². The van der Waals surface area contributed by atoms with Crippen LogP contribution in [0.3, 0.4) is 0 Å². The highest BCUT2D eigenvalue weighted by Gasteiger charge is 1.99. The molecule has 0 atom stereocenters. The first-order valence-corrected chi connectivity index (χ1v) is 7.39. The van der Waals surface area contributed by atoms with E-state index in [-0.39, 0.29) is 24.0 Å². The lowest BCUT2D eigenvalue weighted by molar-refractivity contribution is 0.415. The number of nitrogens with zero attached hydrogens (tertiary/aromatic N) is 4. The number of anilines is 1. The van der Waals surface area contributed by atoms with E-state index in [4.69, 9.17) is 10.5 Å². The molecule has 2 aromatic carbocycles. The molecule has 0 bridgehead atoms. The number of nitrogens with one attached hydrogen (secondary N) is 1. The van der Waals surface area contributed by atoms with Crippen molar-refractivity contribution < 1.29 is 4.74 Å². The van der Waals surface area contributed by atoms with Crippen molar-refractivity contribution >= 4 is 35.6 Å². The SMILES string of the molecule is COc1cccc(NC(N)=NCc2ccc(-n3cncn3)cc2)c1.I. The van der Waals surface area contributed by atoms with Gasteiger partial charge in [-0.3, -0.25) is 0 Å². The molecular weight excluding hydrogens is 431 g/mol. The Morgan fingerprint density at radius 3 is 2.72 bits per heavy atom. The van der Waals surface area contributed by atoms with Crippen molar-refractivity contribution in [2.45, 2.75) is 6.54 Å². The zero-order chi connectivity index (χ0) is 16.8.